The number of carbonyl (C=O) groups excluding carboxylic acids is 1. The van der Waals surface area contributed by atoms with Crippen molar-refractivity contribution in [1.29, 1.82) is 5.26 Å². The summed E-state index contributed by atoms with van der Waals surface area (Å²) < 4.78 is 0. The van der Waals surface area contributed by atoms with Crippen LogP contribution in [-0.4, -0.2) is 41.6 Å². The Morgan fingerprint density at radius 1 is 1.03 bits per heavy atom. The minimum Gasteiger partial charge on any atom is -0.306 e. The zero-order valence-corrected chi connectivity index (χ0v) is 17.8. The molecule has 29 heavy (non-hydrogen) atoms. The van der Waals surface area contributed by atoms with E-state index in [1.165, 1.54) is 5.56 Å². The van der Waals surface area contributed by atoms with Gasteiger partial charge >= 0.3 is 0 Å². The van der Waals surface area contributed by atoms with Gasteiger partial charge in [-0.25, -0.2) is 0 Å². The highest BCUT2D eigenvalue weighted by atomic mass is 32.1. The lowest BCUT2D eigenvalue weighted by Crippen LogP contribution is -2.56. The molecule has 2 aliphatic rings. The van der Waals surface area contributed by atoms with Gasteiger partial charge in [0.1, 0.15) is 5.54 Å². The molecule has 1 spiro atoms. The van der Waals surface area contributed by atoms with Crippen molar-refractivity contribution in [2.45, 2.75) is 32.2 Å². The van der Waals surface area contributed by atoms with Gasteiger partial charge in [0.25, 0.3) is 5.91 Å². The van der Waals surface area contributed by atoms with Crippen LogP contribution in [0.25, 0.3) is 0 Å². The Labute approximate surface area is 177 Å². The molecule has 2 aromatic carbocycles. The summed E-state index contributed by atoms with van der Waals surface area (Å²) in [5, 5.41) is 9.75. The van der Waals surface area contributed by atoms with Crippen LogP contribution in [0.5, 0.6) is 0 Å². The van der Waals surface area contributed by atoms with Gasteiger partial charge in [-0.05, 0) is 81.8 Å². The van der Waals surface area contributed by atoms with Gasteiger partial charge in [-0.2, -0.15) is 5.26 Å². The van der Waals surface area contributed by atoms with E-state index in [0.717, 1.165) is 42.9 Å². The van der Waals surface area contributed by atoms with Crippen molar-refractivity contribution in [3.63, 3.8) is 0 Å². The Morgan fingerprint density at radius 2 is 1.66 bits per heavy atom. The highest BCUT2D eigenvalue weighted by molar-refractivity contribution is 7.81. The number of nitrogens with zero attached hydrogens (tertiary/aromatic N) is 4. The zero-order chi connectivity index (χ0) is 20.8. The maximum absolute atomic E-state index is 13.8. The summed E-state index contributed by atoms with van der Waals surface area (Å²) in [4.78, 5) is 19.8. The zero-order valence-electron chi connectivity index (χ0n) is 17.0. The predicted octanol–water partition coefficient (Wildman–Crippen LogP) is 3.78. The fourth-order valence-electron chi connectivity index (χ4n) is 4.29. The Balaban J connectivity index is 1.82. The van der Waals surface area contributed by atoms with Crippen molar-refractivity contribution in [1.82, 2.24) is 4.90 Å². The van der Waals surface area contributed by atoms with E-state index in [9.17, 15) is 10.1 Å². The molecule has 1 amide bonds. The van der Waals surface area contributed by atoms with Gasteiger partial charge in [0.2, 0.25) is 0 Å². The number of hydrogen-bond donors (Lipinski definition) is 0. The highest BCUT2D eigenvalue weighted by Crippen LogP contribution is 2.42. The van der Waals surface area contributed by atoms with Crippen molar-refractivity contribution >= 4 is 34.6 Å². The molecular formula is C23H24N4OS. The topological polar surface area (TPSA) is 50.6 Å². The summed E-state index contributed by atoms with van der Waals surface area (Å²) in [6.07, 6.45) is 1.45. The van der Waals surface area contributed by atoms with Crippen LogP contribution in [0.15, 0.2) is 42.5 Å². The van der Waals surface area contributed by atoms with Gasteiger partial charge in [0.15, 0.2) is 5.11 Å². The first-order valence-electron chi connectivity index (χ1n) is 9.82. The quantitative estimate of drug-likeness (QED) is 0.713. The summed E-state index contributed by atoms with van der Waals surface area (Å²) in [7, 11) is 2.09. The molecule has 6 heteroatoms. The van der Waals surface area contributed by atoms with E-state index in [4.69, 9.17) is 12.2 Å². The number of carbonyl (C=O) groups is 1. The van der Waals surface area contributed by atoms with Crippen LogP contribution in [0, 0.1) is 25.2 Å². The molecule has 148 valence electrons. The molecule has 0 atom stereocenters. The van der Waals surface area contributed by atoms with Gasteiger partial charge in [0.05, 0.1) is 17.3 Å². The summed E-state index contributed by atoms with van der Waals surface area (Å²) >= 11 is 5.88. The Bertz CT molecular complexity index is 1020. The molecule has 4 rings (SSSR count). The van der Waals surface area contributed by atoms with Crippen LogP contribution in [0.1, 0.15) is 29.5 Å². The van der Waals surface area contributed by atoms with Crippen molar-refractivity contribution in [3.05, 3.63) is 59.2 Å². The normalized spacial score (nSPS) is 19.1. The van der Waals surface area contributed by atoms with Crippen LogP contribution in [-0.2, 0) is 4.79 Å². The first-order valence-corrected chi connectivity index (χ1v) is 10.2. The molecule has 2 saturated heterocycles. The molecule has 2 aromatic rings. The molecular weight excluding hydrogens is 380 g/mol. The van der Waals surface area contributed by atoms with E-state index in [2.05, 4.69) is 42.0 Å². The van der Waals surface area contributed by atoms with E-state index in [1.54, 1.807) is 11.0 Å². The number of thiocarbonyl (C=S) groups is 1. The van der Waals surface area contributed by atoms with Crippen LogP contribution in [0.3, 0.4) is 0 Å². The fourth-order valence-corrected chi connectivity index (χ4v) is 4.76. The van der Waals surface area contributed by atoms with Crippen molar-refractivity contribution in [3.8, 4) is 6.07 Å². The number of aryl methyl sites for hydroxylation is 2. The number of likely N-dealkylation sites (tertiary alicyclic amines) is 1. The average Bonchev–Trinajstić information content (AvgIpc) is 2.91. The summed E-state index contributed by atoms with van der Waals surface area (Å²) in [5.41, 5.74) is 3.63. The molecule has 0 bridgehead atoms. The maximum Gasteiger partial charge on any atom is 0.259 e. The lowest BCUT2D eigenvalue weighted by molar-refractivity contribution is -0.122. The Kier molecular flexibility index (Phi) is 4.89. The Hall–Kier alpha value is -2.75. The molecule has 0 aromatic heterocycles. The Morgan fingerprint density at radius 3 is 2.24 bits per heavy atom. The average molecular weight is 405 g/mol. The molecule has 0 saturated carbocycles. The maximum atomic E-state index is 13.8. The first-order chi connectivity index (χ1) is 13.9. The number of piperidine rings is 1. The second-order valence-electron chi connectivity index (χ2n) is 8.04. The number of benzene rings is 2. The largest absolute Gasteiger partial charge is 0.306 e. The van der Waals surface area contributed by atoms with E-state index in [1.807, 2.05) is 31.2 Å². The minimum atomic E-state index is -0.666. The van der Waals surface area contributed by atoms with Gasteiger partial charge in [0, 0.05) is 18.8 Å². The number of anilines is 2. The SMILES string of the molecule is Cc1ccc(N2C(=S)N(c3ccc(C#N)c(C)c3)C(=O)C23CCN(C)CC3)cc1. The third-order valence-corrected chi connectivity index (χ3v) is 6.47. The lowest BCUT2D eigenvalue weighted by atomic mass is 9.85. The van der Waals surface area contributed by atoms with Gasteiger partial charge in [-0.15, -0.1) is 0 Å². The van der Waals surface area contributed by atoms with E-state index >= 15 is 0 Å². The molecule has 2 aliphatic heterocycles. The highest BCUT2D eigenvalue weighted by Gasteiger charge is 2.57. The predicted molar refractivity (Wildman–Crippen MR) is 119 cm³/mol. The molecule has 0 unspecified atom stereocenters. The van der Waals surface area contributed by atoms with Crippen molar-refractivity contribution in [2.24, 2.45) is 0 Å². The van der Waals surface area contributed by atoms with Crippen molar-refractivity contribution < 1.29 is 4.79 Å². The summed E-state index contributed by atoms with van der Waals surface area (Å²) in [5.74, 6) is 0.0280. The lowest BCUT2D eigenvalue weighted by Gasteiger charge is -2.41. The smallest absolute Gasteiger partial charge is 0.259 e. The van der Waals surface area contributed by atoms with Gasteiger partial charge in [-0.3, -0.25) is 9.69 Å². The number of rotatable bonds is 2. The van der Waals surface area contributed by atoms with Gasteiger partial charge in [-0.1, -0.05) is 17.7 Å². The number of hydrogen-bond acceptors (Lipinski definition) is 4. The molecule has 0 aliphatic carbocycles. The van der Waals surface area contributed by atoms with E-state index in [-0.39, 0.29) is 5.91 Å². The molecule has 2 heterocycles. The van der Waals surface area contributed by atoms with Crippen molar-refractivity contribution in [2.75, 3.05) is 29.9 Å². The monoisotopic (exact) mass is 404 g/mol. The summed E-state index contributed by atoms with van der Waals surface area (Å²) in [6, 6.07) is 15.8. The first kappa shape index (κ1) is 19.6. The second-order valence-corrected chi connectivity index (χ2v) is 8.41. The second kappa shape index (κ2) is 7.25. The number of amides is 1. The molecule has 0 radical (unpaired) electrons. The van der Waals surface area contributed by atoms with Crippen LogP contribution in [0.2, 0.25) is 0 Å². The molecule has 0 N–H and O–H groups in total. The standard InChI is InChI=1S/C23H24N4OS/c1-16-4-7-19(8-5-16)27-22(29)26(20-9-6-18(15-24)17(2)14-20)21(28)23(27)10-12-25(3)13-11-23/h4-9,14H,10-13H2,1-3H3. The minimum absolute atomic E-state index is 0.0280. The van der Waals surface area contributed by atoms with Crippen LogP contribution >= 0.6 is 12.2 Å². The summed E-state index contributed by atoms with van der Waals surface area (Å²) in [6.45, 7) is 5.62. The van der Waals surface area contributed by atoms with E-state index < -0.39 is 5.54 Å². The van der Waals surface area contributed by atoms with Gasteiger partial charge < -0.3 is 9.80 Å². The third kappa shape index (κ3) is 3.11. The number of nitriles is 1. The van der Waals surface area contributed by atoms with Crippen LogP contribution < -0.4 is 9.80 Å². The van der Waals surface area contributed by atoms with E-state index in [0.29, 0.717) is 10.7 Å². The molecule has 2 fully saturated rings. The molecule has 5 nitrogen and oxygen atoms in total. The third-order valence-electron chi connectivity index (χ3n) is 6.11. The van der Waals surface area contributed by atoms with Crippen LogP contribution in [0.4, 0.5) is 11.4 Å². The fraction of sp³-hybridized carbons (Fsp3) is 0.348.